The molecule has 1 amide bonds. The number of nitrogens with zero attached hydrogens (tertiary/aromatic N) is 3. The van der Waals surface area contributed by atoms with Crippen molar-refractivity contribution in [2.45, 2.75) is 11.4 Å². The molecule has 0 bridgehead atoms. The monoisotopic (exact) mass is 487 g/mol. The zero-order valence-corrected chi connectivity index (χ0v) is 19.2. The van der Waals surface area contributed by atoms with Gasteiger partial charge >= 0.3 is 0 Å². The van der Waals surface area contributed by atoms with Gasteiger partial charge in [-0.2, -0.15) is 4.31 Å². The maximum atomic E-state index is 14.0. The van der Waals surface area contributed by atoms with E-state index in [2.05, 4.69) is 11.6 Å². The Morgan fingerprint density at radius 2 is 2.00 bits per heavy atom. The molecule has 0 saturated heterocycles. The Labute approximate surface area is 194 Å². The summed E-state index contributed by atoms with van der Waals surface area (Å²) in [5, 5.41) is 2.39. The number of carbonyl (C=O) groups excluding carboxylic acids is 1. The van der Waals surface area contributed by atoms with Gasteiger partial charge in [-0.1, -0.05) is 12.1 Å². The van der Waals surface area contributed by atoms with E-state index < -0.39 is 21.7 Å². The molecule has 0 fully saturated rings. The van der Waals surface area contributed by atoms with E-state index in [0.717, 1.165) is 10.4 Å². The van der Waals surface area contributed by atoms with Crippen LogP contribution in [0.2, 0.25) is 0 Å². The van der Waals surface area contributed by atoms with Crippen molar-refractivity contribution in [2.75, 3.05) is 18.5 Å². The van der Waals surface area contributed by atoms with Crippen LogP contribution in [-0.4, -0.2) is 37.2 Å². The summed E-state index contributed by atoms with van der Waals surface area (Å²) in [7, 11) is -2.72. The Hall–Kier alpha value is -3.21. The van der Waals surface area contributed by atoms with E-state index in [-0.39, 0.29) is 29.5 Å². The average molecular weight is 488 g/mol. The van der Waals surface area contributed by atoms with Gasteiger partial charge in [0.2, 0.25) is 10.0 Å². The topological polar surface area (TPSA) is 70.6 Å². The Morgan fingerprint density at radius 3 is 2.67 bits per heavy atom. The zero-order valence-electron chi connectivity index (χ0n) is 17.5. The number of fused-ring (bicyclic) bond motifs is 1. The number of aromatic nitrogens is 1. The second-order valence-corrected chi connectivity index (χ2v) is 10.3. The lowest BCUT2D eigenvalue weighted by Gasteiger charge is -2.19. The minimum atomic E-state index is -4.04. The molecule has 6 nitrogen and oxygen atoms in total. The van der Waals surface area contributed by atoms with Crippen molar-refractivity contribution in [3.8, 4) is 0 Å². The first kappa shape index (κ1) is 23.0. The molecule has 0 saturated carbocycles. The van der Waals surface area contributed by atoms with Crippen molar-refractivity contribution in [2.24, 2.45) is 0 Å². The Kier molecular flexibility index (Phi) is 6.24. The molecule has 3 aromatic rings. The van der Waals surface area contributed by atoms with Gasteiger partial charge in [0, 0.05) is 48.9 Å². The number of rotatable bonds is 7. The third-order valence-electron chi connectivity index (χ3n) is 5.17. The molecular formula is C23H19F2N3O3S2. The first-order valence-corrected chi connectivity index (χ1v) is 12.1. The van der Waals surface area contributed by atoms with Crippen molar-refractivity contribution < 1.29 is 22.0 Å². The molecular weight excluding hydrogens is 468 g/mol. The largest absolute Gasteiger partial charge is 0.304 e. The van der Waals surface area contributed by atoms with Gasteiger partial charge in [-0.05, 0) is 30.3 Å². The van der Waals surface area contributed by atoms with E-state index in [1.165, 1.54) is 41.5 Å². The molecule has 2 aromatic carbocycles. The highest BCUT2D eigenvalue weighted by Gasteiger charge is 2.34. The summed E-state index contributed by atoms with van der Waals surface area (Å²) in [6.45, 7) is 3.66. The predicted octanol–water partition coefficient (Wildman–Crippen LogP) is 4.32. The van der Waals surface area contributed by atoms with Gasteiger partial charge in [0.1, 0.15) is 16.6 Å². The van der Waals surface area contributed by atoms with Crippen LogP contribution in [0, 0.1) is 11.6 Å². The fourth-order valence-electron chi connectivity index (χ4n) is 3.53. The normalized spacial score (nSPS) is 14.8. The first-order valence-electron chi connectivity index (χ1n) is 9.81. The van der Waals surface area contributed by atoms with Crippen molar-refractivity contribution in [3.05, 3.63) is 88.4 Å². The number of amides is 1. The highest BCUT2D eigenvalue weighted by atomic mass is 32.2. The maximum absolute atomic E-state index is 14.0. The van der Waals surface area contributed by atoms with Crippen molar-refractivity contribution in [1.82, 2.24) is 9.29 Å². The number of hydrogen-bond donors (Lipinski definition) is 0. The van der Waals surface area contributed by atoms with E-state index in [1.54, 1.807) is 29.8 Å². The lowest BCUT2D eigenvalue weighted by atomic mass is 10.1. The van der Waals surface area contributed by atoms with Crippen LogP contribution < -0.4 is 4.90 Å². The summed E-state index contributed by atoms with van der Waals surface area (Å²) in [5.41, 5.74) is 1.39. The zero-order chi connectivity index (χ0) is 23.8. The fourth-order valence-corrected chi connectivity index (χ4v) is 5.27. The van der Waals surface area contributed by atoms with Gasteiger partial charge in [-0.25, -0.2) is 22.2 Å². The van der Waals surface area contributed by atoms with Crippen molar-refractivity contribution in [3.63, 3.8) is 0 Å². The number of sulfonamides is 1. The summed E-state index contributed by atoms with van der Waals surface area (Å²) in [6, 6.07) is 7.40. The molecule has 0 unspecified atom stereocenters. The third-order valence-corrected chi connectivity index (χ3v) is 7.69. The molecule has 2 heterocycles. The van der Waals surface area contributed by atoms with E-state index in [4.69, 9.17) is 0 Å². The number of thiazole rings is 1. The summed E-state index contributed by atoms with van der Waals surface area (Å²) >= 11 is 1.35. The van der Waals surface area contributed by atoms with Crippen LogP contribution in [0.1, 0.15) is 16.1 Å². The van der Waals surface area contributed by atoms with E-state index in [0.29, 0.717) is 27.9 Å². The van der Waals surface area contributed by atoms with Crippen molar-refractivity contribution in [1.29, 1.82) is 0 Å². The quantitative estimate of drug-likeness (QED) is 0.368. The molecule has 4 rings (SSSR count). The van der Waals surface area contributed by atoms with Gasteiger partial charge in [-0.3, -0.25) is 4.79 Å². The predicted molar refractivity (Wildman–Crippen MR) is 124 cm³/mol. The fraction of sp³-hybridized carbons (Fsp3) is 0.130. The summed E-state index contributed by atoms with van der Waals surface area (Å²) in [6.07, 6.45) is 4.83. The second-order valence-electron chi connectivity index (χ2n) is 7.31. The second kappa shape index (κ2) is 8.97. The minimum Gasteiger partial charge on any atom is -0.304 e. The lowest BCUT2D eigenvalue weighted by Crippen LogP contribution is -2.27. The summed E-state index contributed by atoms with van der Waals surface area (Å²) < 4.78 is 54.6. The van der Waals surface area contributed by atoms with Crippen LogP contribution >= 0.6 is 11.3 Å². The number of carbonyl (C=O) groups is 1. The first-order chi connectivity index (χ1) is 15.7. The molecule has 0 N–H and O–H groups in total. The summed E-state index contributed by atoms with van der Waals surface area (Å²) in [4.78, 5) is 18.7. The smallest absolute Gasteiger partial charge is 0.259 e. The Bertz CT molecular complexity index is 1370. The SMILES string of the molecule is C=CCN1C(=O)/C(=C/c2nccs2)c2cc(S(=O)(=O)N(C)Cc3ccc(F)cc3F)ccc21. The van der Waals surface area contributed by atoms with Crippen LogP contribution in [0.25, 0.3) is 11.6 Å². The maximum Gasteiger partial charge on any atom is 0.259 e. The van der Waals surface area contributed by atoms with E-state index in [1.807, 2.05) is 0 Å². The third kappa shape index (κ3) is 4.37. The summed E-state index contributed by atoms with van der Waals surface area (Å²) in [5.74, 6) is -1.85. The van der Waals surface area contributed by atoms with Gasteiger partial charge in [0.05, 0.1) is 16.2 Å². The number of benzene rings is 2. The molecule has 1 aromatic heterocycles. The molecule has 10 heteroatoms. The minimum absolute atomic E-state index is 0.0420. The number of anilines is 1. The highest BCUT2D eigenvalue weighted by molar-refractivity contribution is 7.89. The van der Waals surface area contributed by atoms with E-state index in [9.17, 15) is 22.0 Å². The lowest BCUT2D eigenvalue weighted by molar-refractivity contribution is -0.112. The highest BCUT2D eigenvalue weighted by Crippen LogP contribution is 2.39. The molecule has 0 spiro atoms. The van der Waals surface area contributed by atoms with Gasteiger partial charge in [-0.15, -0.1) is 17.9 Å². The van der Waals surface area contributed by atoms with Gasteiger partial charge in [0.25, 0.3) is 5.91 Å². The Balaban J connectivity index is 1.73. The van der Waals surface area contributed by atoms with Gasteiger partial charge in [0.15, 0.2) is 0 Å². The Morgan fingerprint density at radius 1 is 1.21 bits per heavy atom. The number of halogens is 2. The van der Waals surface area contributed by atoms with Crippen molar-refractivity contribution >= 4 is 44.6 Å². The van der Waals surface area contributed by atoms with Crippen LogP contribution in [0.15, 0.2) is 65.5 Å². The van der Waals surface area contributed by atoms with Crippen LogP contribution in [0.3, 0.4) is 0 Å². The molecule has 0 radical (unpaired) electrons. The molecule has 1 aliphatic heterocycles. The molecule has 0 atom stereocenters. The van der Waals surface area contributed by atoms with Crippen LogP contribution in [0.5, 0.6) is 0 Å². The standard InChI is InChI=1S/C23H19F2N3O3S2/c1-3-9-28-21-7-6-17(12-18(21)19(23(28)29)13-22-26-8-10-32-22)33(30,31)27(2)14-15-4-5-16(24)11-20(15)25/h3-8,10-13H,1,9,14H2,2H3/b19-13+. The average Bonchev–Trinajstić information content (AvgIpc) is 3.38. The van der Waals surface area contributed by atoms with Gasteiger partial charge < -0.3 is 4.90 Å². The molecule has 0 aliphatic carbocycles. The van der Waals surface area contributed by atoms with Crippen LogP contribution in [0.4, 0.5) is 14.5 Å². The number of hydrogen-bond acceptors (Lipinski definition) is 5. The van der Waals surface area contributed by atoms with Crippen LogP contribution in [-0.2, 0) is 21.4 Å². The molecule has 33 heavy (non-hydrogen) atoms. The van der Waals surface area contributed by atoms with E-state index >= 15 is 0 Å². The molecule has 1 aliphatic rings. The molecule has 170 valence electrons.